The standard InChI is InChI=1S/C18H29N3O3/c1-2-4-17(19)18(22)20-14-15-5-3-6-16(13-15)24-12-9-21-7-10-23-11-8-21/h3,5-6,13,17H,2,4,7-12,14,19H2,1H3,(H,20,22). The molecular formula is C18H29N3O3. The zero-order valence-electron chi connectivity index (χ0n) is 14.5. The van der Waals surface area contributed by atoms with Crippen molar-refractivity contribution in [2.24, 2.45) is 5.73 Å². The summed E-state index contributed by atoms with van der Waals surface area (Å²) in [7, 11) is 0. The molecule has 1 atom stereocenters. The monoisotopic (exact) mass is 335 g/mol. The maximum atomic E-state index is 11.9. The molecule has 6 heteroatoms. The van der Waals surface area contributed by atoms with Crippen molar-refractivity contribution in [1.29, 1.82) is 0 Å². The summed E-state index contributed by atoms with van der Waals surface area (Å²) in [6, 6.07) is 7.39. The van der Waals surface area contributed by atoms with Crippen LogP contribution >= 0.6 is 0 Å². The summed E-state index contributed by atoms with van der Waals surface area (Å²) < 4.78 is 11.2. The molecule has 1 fully saturated rings. The van der Waals surface area contributed by atoms with Crippen LogP contribution in [-0.2, 0) is 16.1 Å². The molecule has 1 aromatic rings. The molecule has 6 nitrogen and oxygen atoms in total. The molecular weight excluding hydrogens is 306 g/mol. The van der Waals surface area contributed by atoms with Gasteiger partial charge in [-0.2, -0.15) is 0 Å². The van der Waals surface area contributed by atoms with Crippen molar-refractivity contribution in [3.8, 4) is 5.75 Å². The Labute approximate surface area is 144 Å². The first-order valence-electron chi connectivity index (χ1n) is 8.74. The van der Waals surface area contributed by atoms with Gasteiger partial charge in [-0.05, 0) is 24.1 Å². The van der Waals surface area contributed by atoms with Crippen LogP contribution < -0.4 is 15.8 Å². The van der Waals surface area contributed by atoms with E-state index in [-0.39, 0.29) is 5.91 Å². The largest absolute Gasteiger partial charge is 0.492 e. The van der Waals surface area contributed by atoms with Crippen LogP contribution in [0.4, 0.5) is 0 Å². The van der Waals surface area contributed by atoms with Crippen LogP contribution in [0, 0.1) is 0 Å². The lowest BCUT2D eigenvalue weighted by molar-refractivity contribution is -0.122. The Morgan fingerprint density at radius 1 is 1.42 bits per heavy atom. The molecule has 0 aliphatic carbocycles. The summed E-state index contributed by atoms with van der Waals surface area (Å²) in [6.07, 6.45) is 1.61. The highest BCUT2D eigenvalue weighted by Crippen LogP contribution is 2.13. The van der Waals surface area contributed by atoms with Crippen LogP contribution in [0.3, 0.4) is 0 Å². The van der Waals surface area contributed by atoms with Crippen molar-refractivity contribution >= 4 is 5.91 Å². The lowest BCUT2D eigenvalue weighted by atomic mass is 10.1. The zero-order valence-corrected chi connectivity index (χ0v) is 14.5. The van der Waals surface area contributed by atoms with Crippen LogP contribution in [0.25, 0.3) is 0 Å². The maximum Gasteiger partial charge on any atom is 0.237 e. The van der Waals surface area contributed by atoms with E-state index in [2.05, 4.69) is 10.2 Å². The first-order chi connectivity index (χ1) is 11.7. The van der Waals surface area contributed by atoms with Crippen LogP contribution in [0.5, 0.6) is 5.75 Å². The SMILES string of the molecule is CCCC(N)C(=O)NCc1cccc(OCCN2CCOCC2)c1. The molecule has 1 amide bonds. The fraction of sp³-hybridized carbons (Fsp3) is 0.611. The van der Waals surface area contributed by atoms with Crippen molar-refractivity contribution in [2.75, 3.05) is 39.5 Å². The fourth-order valence-corrected chi connectivity index (χ4v) is 2.62. The molecule has 2 rings (SSSR count). The van der Waals surface area contributed by atoms with Crippen LogP contribution in [0.2, 0.25) is 0 Å². The zero-order chi connectivity index (χ0) is 17.2. The van der Waals surface area contributed by atoms with Crippen molar-refractivity contribution < 1.29 is 14.3 Å². The van der Waals surface area contributed by atoms with Crippen LogP contribution in [0.1, 0.15) is 25.3 Å². The molecule has 0 aromatic heterocycles. The average molecular weight is 335 g/mol. The summed E-state index contributed by atoms with van der Waals surface area (Å²) in [5.74, 6) is 0.725. The Morgan fingerprint density at radius 3 is 2.96 bits per heavy atom. The minimum absolute atomic E-state index is 0.101. The summed E-state index contributed by atoms with van der Waals surface area (Å²) in [6.45, 7) is 7.57. The Morgan fingerprint density at radius 2 is 2.21 bits per heavy atom. The summed E-state index contributed by atoms with van der Waals surface area (Å²) in [5, 5.41) is 2.88. The van der Waals surface area contributed by atoms with Gasteiger partial charge in [0, 0.05) is 26.2 Å². The molecule has 24 heavy (non-hydrogen) atoms. The lowest BCUT2D eigenvalue weighted by Crippen LogP contribution is -2.40. The number of hydrogen-bond donors (Lipinski definition) is 2. The van der Waals surface area contributed by atoms with E-state index < -0.39 is 6.04 Å². The predicted molar refractivity (Wildman–Crippen MR) is 93.9 cm³/mol. The van der Waals surface area contributed by atoms with Gasteiger partial charge in [0.05, 0.1) is 19.3 Å². The summed E-state index contributed by atoms with van der Waals surface area (Å²) in [4.78, 5) is 14.2. The molecule has 0 saturated carbocycles. The predicted octanol–water partition coefficient (Wildman–Crippen LogP) is 1.14. The second kappa shape index (κ2) is 10.3. The molecule has 0 radical (unpaired) electrons. The van der Waals surface area contributed by atoms with E-state index in [1.54, 1.807) is 0 Å². The molecule has 1 aliphatic heterocycles. The normalized spacial score (nSPS) is 16.6. The van der Waals surface area contributed by atoms with Gasteiger partial charge in [0.25, 0.3) is 0 Å². The molecule has 0 spiro atoms. The van der Waals surface area contributed by atoms with E-state index in [0.717, 1.165) is 50.6 Å². The number of carbonyl (C=O) groups excluding carboxylic acids is 1. The van der Waals surface area contributed by atoms with Gasteiger partial charge in [0.15, 0.2) is 0 Å². The Hall–Kier alpha value is -1.63. The molecule has 1 saturated heterocycles. The second-order valence-electron chi connectivity index (χ2n) is 6.06. The number of rotatable bonds is 9. The molecule has 1 aromatic carbocycles. The van der Waals surface area contributed by atoms with Crippen molar-refractivity contribution in [1.82, 2.24) is 10.2 Å². The highest BCUT2D eigenvalue weighted by atomic mass is 16.5. The van der Waals surface area contributed by atoms with Crippen molar-refractivity contribution in [3.05, 3.63) is 29.8 Å². The quantitative estimate of drug-likeness (QED) is 0.708. The van der Waals surface area contributed by atoms with Gasteiger partial charge in [-0.25, -0.2) is 0 Å². The number of hydrogen-bond acceptors (Lipinski definition) is 5. The first-order valence-corrected chi connectivity index (χ1v) is 8.74. The van der Waals surface area contributed by atoms with E-state index in [9.17, 15) is 4.79 Å². The van der Waals surface area contributed by atoms with Gasteiger partial charge in [0.1, 0.15) is 12.4 Å². The highest BCUT2D eigenvalue weighted by molar-refractivity contribution is 5.81. The van der Waals surface area contributed by atoms with Crippen molar-refractivity contribution in [2.45, 2.75) is 32.4 Å². The van der Waals surface area contributed by atoms with Gasteiger partial charge in [-0.15, -0.1) is 0 Å². The van der Waals surface area contributed by atoms with Crippen molar-refractivity contribution in [3.63, 3.8) is 0 Å². The van der Waals surface area contributed by atoms with Gasteiger partial charge in [0.2, 0.25) is 5.91 Å². The number of nitrogens with two attached hydrogens (primary N) is 1. The summed E-state index contributed by atoms with van der Waals surface area (Å²) in [5.41, 5.74) is 6.82. The number of benzene rings is 1. The Bertz CT molecular complexity index is 504. The molecule has 0 bridgehead atoms. The smallest absolute Gasteiger partial charge is 0.237 e. The first kappa shape index (κ1) is 18.7. The van der Waals surface area contributed by atoms with Gasteiger partial charge < -0.3 is 20.5 Å². The summed E-state index contributed by atoms with van der Waals surface area (Å²) >= 11 is 0. The number of ether oxygens (including phenoxy) is 2. The van der Waals surface area contributed by atoms with E-state index in [4.69, 9.17) is 15.2 Å². The van der Waals surface area contributed by atoms with E-state index in [1.807, 2.05) is 31.2 Å². The minimum Gasteiger partial charge on any atom is -0.492 e. The minimum atomic E-state index is -0.428. The maximum absolute atomic E-state index is 11.9. The van der Waals surface area contributed by atoms with E-state index in [0.29, 0.717) is 19.6 Å². The molecule has 1 aliphatic rings. The topological polar surface area (TPSA) is 76.8 Å². The third kappa shape index (κ3) is 6.47. The number of nitrogens with zero attached hydrogens (tertiary/aromatic N) is 1. The van der Waals surface area contributed by atoms with Gasteiger partial charge in [-0.3, -0.25) is 9.69 Å². The van der Waals surface area contributed by atoms with Crippen LogP contribution in [0.15, 0.2) is 24.3 Å². The second-order valence-corrected chi connectivity index (χ2v) is 6.06. The lowest BCUT2D eigenvalue weighted by Gasteiger charge is -2.26. The van der Waals surface area contributed by atoms with Crippen LogP contribution in [-0.4, -0.2) is 56.3 Å². The van der Waals surface area contributed by atoms with E-state index >= 15 is 0 Å². The fourth-order valence-electron chi connectivity index (χ4n) is 2.62. The van der Waals surface area contributed by atoms with Gasteiger partial charge >= 0.3 is 0 Å². The molecule has 3 N–H and O–H groups in total. The third-order valence-electron chi connectivity index (χ3n) is 4.08. The molecule has 134 valence electrons. The van der Waals surface area contributed by atoms with E-state index in [1.165, 1.54) is 0 Å². The molecule has 1 heterocycles. The number of morpholine rings is 1. The number of carbonyl (C=O) groups is 1. The number of amides is 1. The molecule has 1 unspecified atom stereocenters. The Balaban J connectivity index is 1.73. The number of nitrogens with one attached hydrogen (secondary N) is 1. The average Bonchev–Trinajstić information content (AvgIpc) is 2.61. The highest BCUT2D eigenvalue weighted by Gasteiger charge is 2.12. The van der Waals surface area contributed by atoms with Gasteiger partial charge in [-0.1, -0.05) is 25.5 Å². The third-order valence-corrected chi connectivity index (χ3v) is 4.08. The Kier molecular flexibility index (Phi) is 8.01.